The number of amides is 1. The number of carbonyl (C=O) groups is 1. The largest absolute Gasteiger partial charge is 0.349 e. The number of hydrogen-bond donors (Lipinski definition) is 2. The SMILES string of the molecule is CC1(C)C2CCC1(C)C(NC(=O)c1ccc(NC3=NS(=O)(=O)c4ccccc43)cc1)C2. The Hall–Kier alpha value is -2.67. The van der Waals surface area contributed by atoms with Gasteiger partial charge in [-0.1, -0.05) is 32.9 Å². The fourth-order valence-corrected chi connectivity index (χ4v) is 6.88. The van der Waals surface area contributed by atoms with Crippen LogP contribution in [0, 0.1) is 16.7 Å². The van der Waals surface area contributed by atoms with Crippen LogP contribution in [0.15, 0.2) is 57.8 Å². The van der Waals surface area contributed by atoms with Gasteiger partial charge in [0.05, 0.1) is 0 Å². The zero-order valence-electron chi connectivity index (χ0n) is 18.0. The Morgan fingerprint density at radius 3 is 2.42 bits per heavy atom. The number of anilines is 1. The molecule has 2 aromatic carbocycles. The van der Waals surface area contributed by atoms with Gasteiger partial charge in [-0.15, -0.1) is 4.40 Å². The molecular formula is C24H27N3O3S. The van der Waals surface area contributed by atoms with Crippen LogP contribution >= 0.6 is 0 Å². The fourth-order valence-electron chi connectivity index (χ4n) is 5.70. The van der Waals surface area contributed by atoms with E-state index in [-0.39, 0.29) is 27.7 Å². The third-order valence-electron chi connectivity index (χ3n) is 8.14. The van der Waals surface area contributed by atoms with Crippen molar-refractivity contribution in [1.29, 1.82) is 0 Å². The van der Waals surface area contributed by atoms with E-state index in [9.17, 15) is 13.2 Å². The van der Waals surface area contributed by atoms with Crippen molar-refractivity contribution in [1.82, 2.24) is 5.32 Å². The van der Waals surface area contributed by atoms with Crippen LogP contribution in [-0.4, -0.2) is 26.2 Å². The van der Waals surface area contributed by atoms with Crippen molar-refractivity contribution in [3.05, 3.63) is 59.7 Å². The highest BCUT2D eigenvalue weighted by molar-refractivity contribution is 7.90. The van der Waals surface area contributed by atoms with Crippen molar-refractivity contribution in [3.63, 3.8) is 0 Å². The standard InChI is InChI=1S/C24H27N3O3S/c1-23(2)16-12-13-24(23,3)20(14-16)26-22(28)15-8-10-17(11-9-15)25-21-18-6-4-5-7-19(18)31(29,30)27-21/h4-11,16,20H,12-14H2,1-3H3,(H,25,27)(H,26,28). The van der Waals surface area contributed by atoms with Gasteiger partial charge in [0.1, 0.15) is 4.90 Å². The van der Waals surface area contributed by atoms with E-state index in [2.05, 4.69) is 35.8 Å². The highest BCUT2D eigenvalue weighted by Gasteiger charge is 2.61. The van der Waals surface area contributed by atoms with Gasteiger partial charge in [-0.05, 0) is 72.4 Å². The van der Waals surface area contributed by atoms with E-state index in [4.69, 9.17) is 0 Å². The fraction of sp³-hybridized carbons (Fsp3) is 0.417. The molecule has 3 unspecified atom stereocenters. The summed E-state index contributed by atoms with van der Waals surface area (Å²) in [5.74, 6) is 0.901. The molecule has 0 spiro atoms. The molecule has 5 rings (SSSR count). The smallest absolute Gasteiger partial charge is 0.285 e. The van der Waals surface area contributed by atoms with Crippen LogP contribution in [0.2, 0.25) is 0 Å². The second-order valence-electron chi connectivity index (χ2n) is 9.75. The Morgan fingerprint density at radius 1 is 1.06 bits per heavy atom. The molecule has 2 aliphatic carbocycles. The predicted octanol–water partition coefficient (Wildman–Crippen LogP) is 4.19. The second kappa shape index (κ2) is 6.66. The predicted molar refractivity (Wildman–Crippen MR) is 121 cm³/mol. The van der Waals surface area contributed by atoms with E-state index in [0.29, 0.717) is 28.6 Å². The molecule has 2 aromatic rings. The molecule has 1 heterocycles. The van der Waals surface area contributed by atoms with E-state index in [1.807, 2.05) is 0 Å². The third kappa shape index (κ3) is 3.01. The van der Waals surface area contributed by atoms with Crippen molar-refractivity contribution in [2.24, 2.45) is 21.1 Å². The molecule has 2 bridgehead atoms. The van der Waals surface area contributed by atoms with E-state index in [0.717, 1.165) is 12.8 Å². The summed E-state index contributed by atoms with van der Waals surface area (Å²) in [4.78, 5) is 13.1. The second-order valence-corrected chi connectivity index (χ2v) is 11.3. The molecule has 31 heavy (non-hydrogen) atoms. The van der Waals surface area contributed by atoms with Gasteiger partial charge in [0.2, 0.25) is 0 Å². The Morgan fingerprint density at radius 2 is 1.77 bits per heavy atom. The maximum atomic E-state index is 12.9. The van der Waals surface area contributed by atoms with Crippen LogP contribution in [0.1, 0.15) is 56.0 Å². The van der Waals surface area contributed by atoms with Crippen LogP contribution in [-0.2, 0) is 10.0 Å². The first kappa shape index (κ1) is 20.2. The summed E-state index contributed by atoms with van der Waals surface area (Å²) in [6, 6.07) is 14.0. The molecule has 162 valence electrons. The number of amidine groups is 1. The van der Waals surface area contributed by atoms with Gasteiger partial charge in [-0.2, -0.15) is 8.42 Å². The van der Waals surface area contributed by atoms with Gasteiger partial charge in [-0.25, -0.2) is 0 Å². The number of nitrogens with zero attached hydrogens (tertiary/aromatic N) is 1. The normalized spacial score (nSPS) is 29.3. The van der Waals surface area contributed by atoms with Gasteiger partial charge in [0, 0.05) is 22.9 Å². The van der Waals surface area contributed by atoms with E-state index in [1.54, 1.807) is 48.5 Å². The summed E-state index contributed by atoms with van der Waals surface area (Å²) in [6.45, 7) is 6.98. The number of fused-ring (bicyclic) bond motifs is 3. The van der Waals surface area contributed by atoms with Crippen molar-refractivity contribution >= 4 is 27.5 Å². The van der Waals surface area contributed by atoms with E-state index < -0.39 is 10.0 Å². The highest BCUT2D eigenvalue weighted by Crippen LogP contribution is 2.65. The molecule has 3 atom stereocenters. The average Bonchev–Trinajstić information content (AvgIpc) is 3.20. The minimum absolute atomic E-state index is 0.0627. The van der Waals surface area contributed by atoms with Crippen molar-refractivity contribution in [3.8, 4) is 0 Å². The van der Waals surface area contributed by atoms with Crippen molar-refractivity contribution < 1.29 is 13.2 Å². The lowest BCUT2D eigenvalue weighted by Crippen LogP contribution is -2.46. The van der Waals surface area contributed by atoms with Crippen LogP contribution < -0.4 is 10.6 Å². The average molecular weight is 438 g/mol. The highest BCUT2D eigenvalue weighted by atomic mass is 32.2. The zero-order chi connectivity index (χ0) is 22.0. The van der Waals surface area contributed by atoms with Crippen molar-refractivity contribution in [2.75, 3.05) is 5.32 Å². The minimum atomic E-state index is -3.67. The molecule has 0 aromatic heterocycles. The molecule has 6 nitrogen and oxygen atoms in total. The number of nitrogens with one attached hydrogen (secondary N) is 2. The third-order valence-corrected chi connectivity index (χ3v) is 9.48. The summed E-state index contributed by atoms with van der Waals surface area (Å²) >= 11 is 0. The van der Waals surface area contributed by atoms with Crippen molar-refractivity contribution in [2.45, 2.75) is 51.0 Å². The number of sulfonamides is 1. The Bertz CT molecular complexity index is 1200. The first-order valence-electron chi connectivity index (χ1n) is 10.7. The number of hydrogen-bond acceptors (Lipinski definition) is 4. The molecular weight excluding hydrogens is 410 g/mol. The lowest BCUT2D eigenvalue weighted by molar-refractivity contribution is 0.0826. The number of carbonyl (C=O) groups excluding carboxylic acids is 1. The molecule has 3 aliphatic rings. The van der Waals surface area contributed by atoms with Crippen LogP contribution in [0.4, 0.5) is 5.69 Å². The minimum Gasteiger partial charge on any atom is -0.349 e. The first-order valence-corrected chi connectivity index (χ1v) is 12.2. The number of rotatable bonds is 3. The van der Waals surface area contributed by atoms with Crippen LogP contribution in [0.5, 0.6) is 0 Å². The summed E-state index contributed by atoms with van der Waals surface area (Å²) in [5.41, 5.74) is 2.20. The van der Waals surface area contributed by atoms with Gasteiger partial charge < -0.3 is 10.6 Å². The molecule has 1 aliphatic heterocycles. The molecule has 7 heteroatoms. The van der Waals surface area contributed by atoms with Gasteiger partial charge in [-0.3, -0.25) is 4.79 Å². The van der Waals surface area contributed by atoms with Crippen LogP contribution in [0.25, 0.3) is 0 Å². The van der Waals surface area contributed by atoms with E-state index in [1.165, 1.54) is 6.42 Å². The first-order chi connectivity index (χ1) is 14.6. The summed E-state index contributed by atoms with van der Waals surface area (Å²) in [5, 5.41) is 6.35. The van der Waals surface area contributed by atoms with E-state index >= 15 is 0 Å². The Kier molecular flexibility index (Phi) is 4.35. The van der Waals surface area contributed by atoms with Gasteiger partial charge >= 0.3 is 0 Å². The molecule has 2 saturated carbocycles. The quantitative estimate of drug-likeness (QED) is 0.754. The summed E-state index contributed by atoms with van der Waals surface area (Å²) in [7, 11) is -3.67. The maximum Gasteiger partial charge on any atom is 0.285 e. The Labute approximate surface area is 183 Å². The summed E-state index contributed by atoms with van der Waals surface area (Å²) in [6.07, 6.45) is 3.45. The zero-order valence-corrected chi connectivity index (χ0v) is 18.8. The lowest BCUT2D eigenvalue weighted by atomic mass is 9.69. The molecule has 2 N–H and O–H groups in total. The van der Waals surface area contributed by atoms with Gasteiger partial charge in [0.15, 0.2) is 5.84 Å². The molecule has 0 radical (unpaired) electrons. The lowest BCUT2D eigenvalue weighted by Gasteiger charge is -2.39. The molecule has 0 saturated heterocycles. The molecule has 1 amide bonds. The van der Waals surface area contributed by atoms with Crippen LogP contribution in [0.3, 0.4) is 0 Å². The topological polar surface area (TPSA) is 87.6 Å². The van der Waals surface area contributed by atoms with Gasteiger partial charge in [0.25, 0.3) is 15.9 Å². The summed E-state index contributed by atoms with van der Waals surface area (Å²) < 4.78 is 28.3. The molecule has 2 fully saturated rings. The number of benzene rings is 2. The Balaban J connectivity index is 1.30. The monoisotopic (exact) mass is 437 g/mol. The maximum absolute atomic E-state index is 12.9.